The summed E-state index contributed by atoms with van der Waals surface area (Å²) >= 11 is 5.84. The monoisotopic (exact) mass is 379 g/mol. The van der Waals surface area contributed by atoms with E-state index in [1.807, 2.05) is 31.2 Å². The van der Waals surface area contributed by atoms with E-state index in [0.717, 1.165) is 11.1 Å². The minimum absolute atomic E-state index is 0.288. The molecule has 0 unspecified atom stereocenters. The lowest BCUT2D eigenvalue weighted by molar-refractivity contribution is 0.0950. The number of carbonyl (C=O) groups excluding carboxylic acids is 2. The van der Waals surface area contributed by atoms with Crippen LogP contribution >= 0.6 is 11.6 Å². The first-order chi connectivity index (χ1) is 13.0. The van der Waals surface area contributed by atoms with E-state index in [4.69, 9.17) is 11.6 Å². The zero-order valence-electron chi connectivity index (χ0n) is 14.7. The number of nitrogens with one attached hydrogen (secondary N) is 2. The molecule has 0 radical (unpaired) electrons. The van der Waals surface area contributed by atoms with Crippen LogP contribution < -0.4 is 10.6 Å². The zero-order chi connectivity index (χ0) is 19.2. The third-order valence-electron chi connectivity index (χ3n) is 3.94. The standard InChI is InChI=1S/C21H18ClN3O2/c1-14-2-4-15(5-3-14)11-24-20(26)16-10-17(13-23-12-16)21(27)25-19-8-6-18(22)7-9-19/h2-10,12-13H,11H2,1H3,(H,24,26)(H,25,27). The number of aromatic nitrogens is 1. The smallest absolute Gasteiger partial charge is 0.257 e. The van der Waals surface area contributed by atoms with Gasteiger partial charge in [0.05, 0.1) is 11.1 Å². The molecule has 5 nitrogen and oxygen atoms in total. The Hall–Kier alpha value is -3.18. The molecule has 0 atom stereocenters. The van der Waals surface area contributed by atoms with Crippen LogP contribution in [0.15, 0.2) is 67.0 Å². The van der Waals surface area contributed by atoms with Gasteiger partial charge in [-0.25, -0.2) is 0 Å². The highest BCUT2D eigenvalue weighted by atomic mass is 35.5. The summed E-state index contributed by atoms with van der Waals surface area (Å²) in [4.78, 5) is 28.7. The Morgan fingerprint density at radius 3 is 2.22 bits per heavy atom. The van der Waals surface area contributed by atoms with Gasteiger partial charge in [0.15, 0.2) is 0 Å². The fraction of sp³-hybridized carbons (Fsp3) is 0.0952. The van der Waals surface area contributed by atoms with Gasteiger partial charge < -0.3 is 10.6 Å². The molecule has 0 aliphatic carbocycles. The number of halogens is 1. The van der Waals surface area contributed by atoms with E-state index < -0.39 is 0 Å². The molecule has 0 aliphatic heterocycles. The van der Waals surface area contributed by atoms with Gasteiger partial charge >= 0.3 is 0 Å². The minimum Gasteiger partial charge on any atom is -0.348 e. The van der Waals surface area contributed by atoms with Crippen LogP contribution in [-0.2, 0) is 6.54 Å². The number of carbonyl (C=O) groups is 2. The zero-order valence-corrected chi connectivity index (χ0v) is 15.5. The van der Waals surface area contributed by atoms with E-state index in [0.29, 0.717) is 28.4 Å². The number of aryl methyl sites for hydroxylation is 1. The number of hydrogen-bond acceptors (Lipinski definition) is 3. The number of amides is 2. The Labute approximate surface area is 162 Å². The normalized spacial score (nSPS) is 10.3. The molecule has 0 bridgehead atoms. The third kappa shape index (κ3) is 5.15. The maximum absolute atomic E-state index is 12.4. The van der Waals surface area contributed by atoms with Gasteiger partial charge in [0, 0.05) is 29.6 Å². The van der Waals surface area contributed by atoms with Crippen molar-refractivity contribution in [2.45, 2.75) is 13.5 Å². The quantitative estimate of drug-likeness (QED) is 0.697. The van der Waals surface area contributed by atoms with Gasteiger partial charge in [-0.2, -0.15) is 0 Å². The van der Waals surface area contributed by atoms with Crippen molar-refractivity contribution in [3.05, 3.63) is 94.3 Å². The molecule has 2 aromatic carbocycles. The molecule has 2 amide bonds. The molecule has 1 aromatic heterocycles. The predicted octanol–water partition coefficient (Wildman–Crippen LogP) is 4.23. The van der Waals surface area contributed by atoms with E-state index in [1.165, 1.54) is 18.5 Å². The van der Waals surface area contributed by atoms with Gasteiger partial charge in [-0.05, 0) is 42.8 Å². The summed E-state index contributed by atoms with van der Waals surface area (Å²) in [5.41, 5.74) is 3.39. The van der Waals surface area contributed by atoms with Gasteiger partial charge in [0.2, 0.25) is 0 Å². The molecule has 0 spiro atoms. The second-order valence-electron chi connectivity index (χ2n) is 6.09. The first-order valence-electron chi connectivity index (χ1n) is 8.37. The van der Waals surface area contributed by atoms with Crippen molar-refractivity contribution in [2.75, 3.05) is 5.32 Å². The first-order valence-corrected chi connectivity index (χ1v) is 8.75. The number of pyridine rings is 1. The highest BCUT2D eigenvalue weighted by molar-refractivity contribution is 6.30. The van der Waals surface area contributed by atoms with Gasteiger partial charge in [-0.3, -0.25) is 14.6 Å². The van der Waals surface area contributed by atoms with Crippen LogP contribution in [0.4, 0.5) is 5.69 Å². The third-order valence-corrected chi connectivity index (χ3v) is 4.19. The second kappa shape index (κ2) is 8.47. The Balaban J connectivity index is 1.65. The average molecular weight is 380 g/mol. The average Bonchev–Trinajstić information content (AvgIpc) is 2.69. The number of rotatable bonds is 5. The van der Waals surface area contributed by atoms with Crippen molar-refractivity contribution < 1.29 is 9.59 Å². The first kappa shape index (κ1) is 18.6. The van der Waals surface area contributed by atoms with Crippen molar-refractivity contribution in [1.29, 1.82) is 0 Å². The maximum Gasteiger partial charge on any atom is 0.257 e. The van der Waals surface area contributed by atoms with Gasteiger partial charge in [0.25, 0.3) is 11.8 Å². The Bertz CT molecular complexity index is 954. The molecule has 0 aliphatic rings. The topological polar surface area (TPSA) is 71.1 Å². The van der Waals surface area contributed by atoms with Crippen molar-refractivity contribution >= 4 is 29.1 Å². The highest BCUT2D eigenvalue weighted by Gasteiger charge is 2.12. The van der Waals surface area contributed by atoms with Crippen LogP contribution in [0.5, 0.6) is 0 Å². The summed E-state index contributed by atoms with van der Waals surface area (Å²) < 4.78 is 0. The van der Waals surface area contributed by atoms with E-state index in [1.54, 1.807) is 24.3 Å². The largest absolute Gasteiger partial charge is 0.348 e. The number of nitrogens with zero attached hydrogens (tertiary/aromatic N) is 1. The van der Waals surface area contributed by atoms with Crippen LogP contribution in [0.1, 0.15) is 31.8 Å². The summed E-state index contributed by atoms with van der Waals surface area (Å²) in [5.74, 6) is -0.637. The fourth-order valence-electron chi connectivity index (χ4n) is 2.42. The molecule has 0 saturated carbocycles. The van der Waals surface area contributed by atoms with Gasteiger partial charge in [-0.1, -0.05) is 41.4 Å². The molecule has 3 rings (SSSR count). The number of anilines is 1. The number of benzene rings is 2. The van der Waals surface area contributed by atoms with Crippen LogP contribution in [0, 0.1) is 6.92 Å². The predicted molar refractivity (Wildman–Crippen MR) is 106 cm³/mol. The van der Waals surface area contributed by atoms with Crippen molar-refractivity contribution in [3.63, 3.8) is 0 Å². The van der Waals surface area contributed by atoms with E-state index >= 15 is 0 Å². The molecule has 27 heavy (non-hydrogen) atoms. The summed E-state index contributed by atoms with van der Waals surface area (Å²) in [6.45, 7) is 2.41. The molecule has 2 N–H and O–H groups in total. The van der Waals surface area contributed by atoms with E-state index in [9.17, 15) is 9.59 Å². The molecule has 136 valence electrons. The number of hydrogen-bond donors (Lipinski definition) is 2. The summed E-state index contributed by atoms with van der Waals surface area (Å²) in [5, 5.41) is 6.16. The summed E-state index contributed by atoms with van der Waals surface area (Å²) in [6, 6.07) is 16.2. The van der Waals surface area contributed by atoms with E-state index in [-0.39, 0.29) is 11.8 Å². The van der Waals surface area contributed by atoms with Gasteiger partial charge in [-0.15, -0.1) is 0 Å². The fourth-order valence-corrected chi connectivity index (χ4v) is 2.54. The molecule has 3 aromatic rings. The van der Waals surface area contributed by atoms with E-state index in [2.05, 4.69) is 15.6 Å². The lowest BCUT2D eigenvalue weighted by atomic mass is 10.1. The van der Waals surface area contributed by atoms with Crippen molar-refractivity contribution in [2.24, 2.45) is 0 Å². The lowest BCUT2D eigenvalue weighted by Gasteiger charge is -2.08. The summed E-state index contributed by atoms with van der Waals surface area (Å²) in [6.07, 6.45) is 2.85. The SMILES string of the molecule is Cc1ccc(CNC(=O)c2cncc(C(=O)Nc3ccc(Cl)cc3)c2)cc1. The molecule has 1 heterocycles. The minimum atomic E-state index is -0.349. The highest BCUT2D eigenvalue weighted by Crippen LogP contribution is 2.15. The van der Waals surface area contributed by atoms with Crippen molar-refractivity contribution in [3.8, 4) is 0 Å². The Morgan fingerprint density at radius 2 is 1.56 bits per heavy atom. The van der Waals surface area contributed by atoms with Crippen LogP contribution in [0.25, 0.3) is 0 Å². The second-order valence-corrected chi connectivity index (χ2v) is 6.53. The maximum atomic E-state index is 12.4. The van der Waals surface area contributed by atoms with Crippen LogP contribution in [-0.4, -0.2) is 16.8 Å². The molecule has 6 heteroatoms. The lowest BCUT2D eigenvalue weighted by Crippen LogP contribution is -2.23. The molecule has 0 saturated heterocycles. The van der Waals surface area contributed by atoms with Gasteiger partial charge in [0.1, 0.15) is 0 Å². The van der Waals surface area contributed by atoms with Crippen LogP contribution in [0.2, 0.25) is 5.02 Å². The Morgan fingerprint density at radius 1 is 0.926 bits per heavy atom. The molecular formula is C21H18ClN3O2. The van der Waals surface area contributed by atoms with Crippen LogP contribution in [0.3, 0.4) is 0 Å². The molecule has 0 fully saturated rings. The Kier molecular flexibility index (Phi) is 5.84. The molecular weight excluding hydrogens is 362 g/mol. The summed E-state index contributed by atoms with van der Waals surface area (Å²) in [7, 11) is 0. The van der Waals surface area contributed by atoms with Crippen molar-refractivity contribution in [1.82, 2.24) is 10.3 Å².